The third-order valence-electron chi connectivity index (χ3n) is 7.13. The maximum atomic E-state index is 13.9. The van der Waals surface area contributed by atoms with Gasteiger partial charge in [-0.05, 0) is 47.9 Å². The highest BCUT2D eigenvalue weighted by Crippen LogP contribution is 2.54. The lowest BCUT2D eigenvalue weighted by molar-refractivity contribution is -0.384. The Morgan fingerprint density at radius 2 is 1.80 bits per heavy atom. The molecule has 0 spiro atoms. The third-order valence-corrected chi connectivity index (χ3v) is 7.13. The molecule has 9 nitrogen and oxygen atoms in total. The van der Waals surface area contributed by atoms with Crippen molar-refractivity contribution in [1.82, 2.24) is 4.90 Å². The number of imide groups is 1. The highest BCUT2D eigenvalue weighted by Gasteiger charge is 2.65. The van der Waals surface area contributed by atoms with E-state index < -0.39 is 40.7 Å². The summed E-state index contributed by atoms with van der Waals surface area (Å²) in [6, 6.07) is 13.3. The van der Waals surface area contributed by atoms with Crippen molar-refractivity contribution in [3.8, 4) is 0 Å². The molecule has 0 aliphatic carbocycles. The van der Waals surface area contributed by atoms with Crippen LogP contribution in [-0.4, -0.2) is 33.5 Å². The molecule has 4 heterocycles. The van der Waals surface area contributed by atoms with E-state index in [0.717, 1.165) is 16.0 Å². The van der Waals surface area contributed by atoms with Crippen LogP contribution >= 0.6 is 0 Å². The second-order valence-electron chi connectivity index (χ2n) is 8.91. The fourth-order valence-electron chi connectivity index (χ4n) is 5.66. The van der Waals surface area contributed by atoms with Crippen LogP contribution in [0.15, 0.2) is 71.5 Å². The van der Waals surface area contributed by atoms with Gasteiger partial charge in [0, 0.05) is 18.3 Å². The average Bonchev–Trinajstić information content (AvgIpc) is 3.56. The van der Waals surface area contributed by atoms with Crippen LogP contribution in [0.4, 0.5) is 11.4 Å². The zero-order valence-electron chi connectivity index (χ0n) is 18.5. The summed E-state index contributed by atoms with van der Waals surface area (Å²) in [7, 11) is 0. The molecule has 2 aromatic carbocycles. The number of hydrogen-bond donors (Lipinski definition) is 0. The first-order chi connectivity index (χ1) is 16.9. The number of nitro groups is 1. The van der Waals surface area contributed by atoms with E-state index in [1.54, 1.807) is 30.2 Å². The molecule has 0 bridgehead atoms. The Kier molecular flexibility index (Phi) is 4.50. The van der Waals surface area contributed by atoms with Crippen LogP contribution in [-0.2, 0) is 9.59 Å². The van der Waals surface area contributed by atoms with Crippen LogP contribution in [0.1, 0.15) is 33.3 Å². The zero-order valence-corrected chi connectivity index (χ0v) is 18.5. The molecule has 0 saturated carbocycles. The SMILES string of the molecule is Cc1cc([N+](=O)[O-])ccc1N1C(=O)[C@@H]2[C@H](C1=O)[C@@H]1c3ccccc3C=CN1[C@H]2C(=O)c1ccco1. The van der Waals surface area contributed by atoms with E-state index in [9.17, 15) is 24.5 Å². The number of Topliss-reactive ketones (excluding diaryl/α,β-unsaturated/α-hetero) is 1. The van der Waals surface area contributed by atoms with Gasteiger partial charge >= 0.3 is 0 Å². The van der Waals surface area contributed by atoms with Crippen LogP contribution in [0.2, 0.25) is 0 Å². The fraction of sp³-hybridized carbons (Fsp3) is 0.192. The molecular formula is C26H19N3O6. The quantitative estimate of drug-likeness (QED) is 0.246. The number of aryl methyl sites for hydroxylation is 1. The zero-order chi connectivity index (χ0) is 24.4. The van der Waals surface area contributed by atoms with Gasteiger partial charge in [0.1, 0.15) is 6.04 Å². The van der Waals surface area contributed by atoms with Crippen molar-refractivity contribution in [1.29, 1.82) is 0 Å². The number of non-ortho nitro benzene ring substituents is 1. The Morgan fingerprint density at radius 3 is 2.51 bits per heavy atom. The predicted molar refractivity (Wildman–Crippen MR) is 124 cm³/mol. The van der Waals surface area contributed by atoms with Crippen LogP contribution in [0.5, 0.6) is 0 Å². The molecule has 2 saturated heterocycles. The van der Waals surface area contributed by atoms with E-state index in [0.29, 0.717) is 5.56 Å². The normalized spacial score (nSPS) is 24.4. The third kappa shape index (κ3) is 2.91. The second-order valence-corrected chi connectivity index (χ2v) is 8.91. The minimum absolute atomic E-state index is 0.117. The lowest BCUT2D eigenvalue weighted by Gasteiger charge is -2.35. The lowest BCUT2D eigenvalue weighted by Crippen LogP contribution is -2.44. The minimum Gasteiger partial charge on any atom is -0.461 e. The number of fused-ring (bicyclic) bond motifs is 5. The first-order valence-electron chi connectivity index (χ1n) is 11.1. The van der Waals surface area contributed by atoms with Gasteiger partial charge in [-0.3, -0.25) is 24.5 Å². The number of nitrogens with zero attached hydrogens (tertiary/aromatic N) is 3. The smallest absolute Gasteiger partial charge is 0.269 e. The van der Waals surface area contributed by atoms with Crippen molar-refractivity contribution in [3.63, 3.8) is 0 Å². The number of hydrogen-bond acceptors (Lipinski definition) is 7. The van der Waals surface area contributed by atoms with Gasteiger partial charge < -0.3 is 9.32 Å². The van der Waals surface area contributed by atoms with Gasteiger partial charge in [-0.2, -0.15) is 0 Å². The number of carbonyl (C=O) groups is 3. The molecule has 3 aliphatic heterocycles. The van der Waals surface area contributed by atoms with E-state index in [2.05, 4.69) is 0 Å². The van der Waals surface area contributed by atoms with Crippen LogP contribution in [0.25, 0.3) is 6.08 Å². The maximum Gasteiger partial charge on any atom is 0.269 e. The van der Waals surface area contributed by atoms with Gasteiger partial charge in [0.25, 0.3) is 5.69 Å². The minimum atomic E-state index is -0.935. The van der Waals surface area contributed by atoms with Crippen molar-refractivity contribution in [2.24, 2.45) is 11.8 Å². The van der Waals surface area contributed by atoms with Crippen molar-refractivity contribution < 1.29 is 23.7 Å². The molecule has 9 heteroatoms. The summed E-state index contributed by atoms with van der Waals surface area (Å²) in [5, 5.41) is 11.2. The van der Waals surface area contributed by atoms with Gasteiger partial charge in [-0.1, -0.05) is 24.3 Å². The summed E-state index contributed by atoms with van der Waals surface area (Å²) >= 11 is 0. The molecule has 4 atom stereocenters. The van der Waals surface area contributed by atoms with Gasteiger partial charge in [0.15, 0.2) is 5.76 Å². The number of carbonyl (C=O) groups excluding carboxylic acids is 3. The molecule has 6 rings (SSSR count). The highest BCUT2D eigenvalue weighted by molar-refractivity contribution is 6.25. The highest BCUT2D eigenvalue weighted by atomic mass is 16.6. The van der Waals surface area contributed by atoms with E-state index in [-0.39, 0.29) is 22.9 Å². The molecule has 1 aromatic heterocycles. The first-order valence-corrected chi connectivity index (χ1v) is 11.1. The van der Waals surface area contributed by atoms with Crippen molar-refractivity contribution >= 4 is 35.0 Å². The standard InChI is InChI=1S/C26H19N3O6/c1-14-13-16(29(33)34)8-9-18(14)28-25(31)20-21(26(28)32)23(24(30)19-7-4-12-35-19)27-11-10-15-5-2-3-6-17(15)22(20)27/h2-13,20-23H,1H3/t20-,21+,22-,23+/m0/s1. The average molecular weight is 469 g/mol. The second kappa shape index (κ2) is 7.49. The number of benzene rings is 2. The molecule has 35 heavy (non-hydrogen) atoms. The summed E-state index contributed by atoms with van der Waals surface area (Å²) in [4.78, 5) is 54.8. The lowest BCUT2D eigenvalue weighted by atomic mass is 9.84. The van der Waals surface area contributed by atoms with Gasteiger partial charge in [0.2, 0.25) is 17.6 Å². The molecule has 0 unspecified atom stereocenters. The Balaban J connectivity index is 1.49. The van der Waals surface area contributed by atoms with Gasteiger partial charge in [-0.15, -0.1) is 0 Å². The molecule has 2 fully saturated rings. The number of amides is 2. The summed E-state index contributed by atoms with van der Waals surface area (Å²) in [5.41, 5.74) is 2.37. The number of nitro benzene ring substituents is 1. The van der Waals surface area contributed by atoms with E-state index in [1.807, 2.05) is 30.3 Å². The van der Waals surface area contributed by atoms with Crippen molar-refractivity contribution in [2.75, 3.05) is 4.90 Å². The number of ketones is 1. The number of anilines is 1. The van der Waals surface area contributed by atoms with Crippen molar-refractivity contribution in [3.05, 3.63) is 99.6 Å². The Morgan fingerprint density at radius 1 is 1.03 bits per heavy atom. The largest absolute Gasteiger partial charge is 0.461 e. The van der Waals surface area contributed by atoms with Crippen molar-refractivity contribution in [2.45, 2.75) is 19.0 Å². The molecule has 174 valence electrons. The molecule has 2 amide bonds. The van der Waals surface area contributed by atoms with E-state index >= 15 is 0 Å². The number of furan rings is 1. The van der Waals surface area contributed by atoms with E-state index in [4.69, 9.17) is 4.42 Å². The monoisotopic (exact) mass is 469 g/mol. The molecule has 3 aliphatic rings. The summed E-state index contributed by atoms with van der Waals surface area (Å²) < 4.78 is 5.36. The Hall–Kier alpha value is -4.53. The molecular weight excluding hydrogens is 450 g/mol. The number of rotatable bonds is 4. The molecule has 0 radical (unpaired) electrons. The first kappa shape index (κ1) is 21.0. The summed E-state index contributed by atoms with van der Waals surface area (Å²) in [6.07, 6.45) is 5.05. The maximum absolute atomic E-state index is 13.9. The fourth-order valence-corrected chi connectivity index (χ4v) is 5.66. The van der Waals surface area contributed by atoms with E-state index in [1.165, 1.54) is 24.5 Å². The van der Waals surface area contributed by atoms with Crippen LogP contribution in [0, 0.1) is 28.9 Å². The Labute approximate surface area is 199 Å². The van der Waals surface area contributed by atoms with Gasteiger partial charge in [-0.25, -0.2) is 4.90 Å². The molecule has 0 N–H and O–H groups in total. The topological polar surface area (TPSA) is 114 Å². The predicted octanol–water partition coefficient (Wildman–Crippen LogP) is 3.89. The summed E-state index contributed by atoms with van der Waals surface area (Å²) in [5.74, 6) is -2.91. The molecule has 3 aromatic rings. The van der Waals surface area contributed by atoms with Gasteiger partial charge in [0.05, 0.1) is 34.8 Å². The Bertz CT molecular complexity index is 1440. The van der Waals surface area contributed by atoms with Crippen LogP contribution in [0.3, 0.4) is 0 Å². The summed E-state index contributed by atoms with van der Waals surface area (Å²) in [6.45, 7) is 1.62. The van der Waals surface area contributed by atoms with Crippen LogP contribution < -0.4 is 4.90 Å².